The molecule has 7 heteroatoms. The Kier molecular flexibility index (Phi) is 4.80. The Labute approximate surface area is 131 Å². The highest BCUT2D eigenvalue weighted by Gasteiger charge is 2.19. The average molecular weight is 376 g/mol. The minimum atomic E-state index is -3.64. The molecule has 1 unspecified atom stereocenters. The van der Waals surface area contributed by atoms with Gasteiger partial charge in [-0.15, -0.1) is 0 Å². The van der Waals surface area contributed by atoms with Crippen molar-refractivity contribution in [2.45, 2.75) is 17.9 Å². The standard InChI is InChI=1S/C13H12BrClN2O2S/c1-9(11-4-2-3-5-12(11)14)17-20(18,19)10-6-7-16-13(15)8-10/h2-9,17H,1H3. The van der Waals surface area contributed by atoms with Gasteiger partial charge in [0.15, 0.2) is 0 Å². The number of hydrogen-bond acceptors (Lipinski definition) is 3. The van der Waals surface area contributed by atoms with Crippen molar-refractivity contribution >= 4 is 37.6 Å². The van der Waals surface area contributed by atoms with Crippen molar-refractivity contribution in [3.63, 3.8) is 0 Å². The van der Waals surface area contributed by atoms with E-state index < -0.39 is 10.0 Å². The molecule has 0 bridgehead atoms. The Morgan fingerprint density at radius 3 is 2.65 bits per heavy atom. The van der Waals surface area contributed by atoms with Crippen LogP contribution in [0.25, 0.3) is 0 Å². The number of aromatic nitrogens is 1. The van der Waals surface area contributed by atoms with Crippen LogP contribution in [0.2, 0.25) is 5.15 Å². The van der Waals surface area contributed by atoms with E-state index in [1.807, 2.05) is 24.3 Å². The zero-order valence-electron chi connectivity index (χ0n) is 10.5. The second-order valence-corrected chi connectivity index (χ2v) is 7.13. The first-order valence-electron chi connectivity index (χ1n) is 5.78. The van der Waals surface area contributed by atoms with Crippen molar-refractivity contribution in [3.05, 3.63) is 57.8 Å². The molecule has 2 aromatic rings. The largest absolute Gasteiger partial charge is 0.244 e. The lowest BCUT2D eigenvalue weighted by atomic mass is 10.1. The van der Waals surface area contributed by atoms with E-state index in [2.05, 4.69) is 25.6 Å². The van der Waals surface area contributed by atoms with E-state index in [-0.39, 0.29) is 16.1 Å². The van der Waals surface area contributed by atoms with Crippen molar-refractivity contribution in [2.75, 3.05) is 0 Å². The lowest BCUT2D eigenvalue weighted by molar-refractivity contribution is 0.566. The first kappa shape index (κ1) is 15.4. The van der Waals surface area contributed by atoms with Gasteiger partial charge in [-0.1, -0.05) is 45.7 Å². The van der Waals surface area contributed by atoms with Crippen LogP contribution in [0.3, 0.4) is 0 Å². The third-order valence-electron chi connectivity index (χ3n) is 2.71. The van der Waals surface area contributed by atoms with Crippen molar-refractivity contribution in [2.24, 2.45) is 0 Å². The molecule has 0 aliphatic heterocycles. The Bertz CT molecular complexity index is 722. The van der Waals surface area contributed by atoms with Gasteiger partial charge >= 0.3 is 0 Å². The molecule has 0 saturated carbocycles. The average Bonchev–Trinajstić information content (AvgIpc) is 2.38. The highest BCUT2D eigenvalue weighted by Crippen LogP contribution is 2.24. The summed E-state index contributed by atoms with van der Waals surface area (Å²) in [6.07, 6.45) is 1.36. The number of hydrogen-bond donors (Lipinski definition) is 1. The van der Waals surface area contributed by atoms with Crippen molar-refractivity contribution in [1.82, 2.24) is 9.71 Å². The summed E-state index contributed by atoms with van der Waals surface area (Å²) >= 11 is 9.13. The summed E-state index contributed by atoms with van der Waals surface area (Å²) in [6, 6.07) is 9.80. The molecule has 4 nitrogen and oxygen atoms in total. The van der Waals surface area contributed by atoms with E-state index in [9.17, 15) is 8.42 Å². The number of halogens is 2. The normalized spacial score (nSPS) is 13.2. The molecular weight excluding hydrogens is 364 g/mol. The number of benzene rings is 1. The predicted molar refractivity (Wildman–Crippen MR) is 82.1 cm³/mol. The quantitative estimate of drug-likeness (QED) is 0.832. The van der Waals surface area contributed by atoms with Gasteiger partial charge in [0, 0.05) is 16.7 Å². The molecule has 1 aromatic carbocycles. The van der Waals surface area contributed by atoms with Gasteiger partial charge in [0.2, 0.25) is 10.0 Å². The van der Waals surface area contributed by atoms with E-state index in [0.717, 1.165) is 10.0 Å². The summed E-state index contributed by atoms with van der Waals surface area (Å²) in [5, 5.41) is 0.140. The first-order chi connectivity index (χ1) is 9.40. The third kappa shape index (κ3) is 3.58. The maximum Gasteiger partial charge on any atom is 0.241 e. The Morgan fingerprint density at radius 2 is 2.00 bits per heavy atom. The lowest BCUT2D eigenvalue weighted by Crippen LogP contribution is -2.27. The van der Waals surface area contributed by atoms with Gasteiger partial charge in [-0.25, -0.2) is 18.1 Å². The number of pyridine rings is 1. The van der Waals surface area contributed by atoms with Crippen LogP contribution in [-0.4, -0.2) is 13.4 Å². The fraction of sp³-hybridized carbons (Fsp3) is 0.154. The van der Waals surface area contributed by atoms with Crippen LogP contribution in [0.15, 0.2) is 52.0 Å². The van der Waals surface area contributed by atoms with Gasteiger partial charge in [-0.2, -0.15) is 0 Å². The van der Waals surface area contributed by atoms with Crippen molar-refractivity contribution in [1.29, 1.82) is 0 Å². The van der Waals surface area contributed by atoms with Gasteiger partial charge in [0.25, 0.3) is 0 Å². The molecule has 0 aliphatic carbocycles. The van der Waals surface area contributed by atoms with Gasteiger partial charge < -0.3 is 0 Å². The van der Waals surface area contributed by atoms with Crippen molar-refractivity contribution < 1.29 is 8.42 Å². The highest BCUT2D eigenvalue weighted by molar-refractivity contribution is 9.10. The van der Waals surface area contributed by atoms with Gasteiger partial charge in [0.1, 0.15) is 5.15 Å². The van der Waals surface area contributed by atoms with E-state index in [4.69, 9.17) is 11.6 Å². The molecule has 0 amide bonds. The van der Waals surface area contributed by atoms with Crippen LogP contribution >= 0.6 is 27.5 Å². The maximum absolute atomic E-state index is 12.3. The number of rotatable bonds is 4. The molecule has 0 radical (unpaired) electrons. The zero-order chi connectivity index (χ0) is 14.8. The van der Waals surface area contributed by atoms with Crippen LogP contribution in [0.1, 0.15) is 18.5 Å². The third-order valence-corrected chi connectivity index (χ3v) is 5.18. The fourth-order valence-electron chi connectivity index (χ4n) is 1.74. The molecule has 0 saturated heterocycles. The summed E-state index contributed by atoms with van der Waals surface area (Å²) < 4.78 is 28.0. The summed E-state index contributed by atoms with van der Waals surface area (Å²) in [4.78, 5) is 3.86. The molecule has 2 rings (SSSR count). The Morgan fingerprint density at radius 1 is 1.30 bits per heavy atom. The molecule has 106 valence electrons. The van der Waals surface area contributed by atoms with Gasteiger partial charge in [-0.05, 0) is 30.7 Å². The first-order valence-corrected chi connectivity index (χ1v) is 8.44. The van der Waals surface area contributed by atoms with Crippen LogP contribution in [0.4, 0.5) is 0 Å². The molecule has 0 fully saturated rings. The number of sulfonamides is 1. The predicted octanol–water partition coefficient (Wildman–Crippen LogP) is 3.54. The van der Waals surface area contributed by atoms with E-state index in [1.54, 1.807) is 6.92 Å². The van der Waals surface area contributed by atoms with Crippen LogP contribution < -0.4 is 4.72 Å². The molecule has 1 N–H and O–H groups in total. The summed E-state index contributed by atoms with van der Waals surface area (Å²) in [6.45, 7) is 1.78. The monoisotopic (exact) mass is 374 g/mol. The van der Waals surface area contributed by atoms with Crippen LogP contribution in [0, 0.1) is 0 Å². The zero-order valence-corrected chi connectivity index (χ0v) is 13.7. The smallest absolute Gasteiger partial charge is 0.241 e. The van der Waals surface area contributed by atoms with Crippen LogP contribution in [0.5, 0.6) is 0 Å². The minimum Gasteiger partial charge on any atom is -0.244 e. The number of nitrogens with zero attached hydrogens (tertiary/aromatic N) is 1. The maximum atomic E-state index is 12.3. The Balaban J connectivity index is 2.27. The second-order valence-electron chi connectivity index (χ2n) is 4.18. The molecular formula is C13H12BrClN2O2S. The summed E-state index contributed by atoms with van der Waals surface area (Å²) in [5.74, 6) is 0. The molecule has 0 aliphatic rings. The summed E-state index contributed by atoms with van der Waals surface area (Å²) in [7, 11) is -3.64. The number of nitrogens with one attached hydrogen (secondary N) is 1. The van der Waals surface area contributed by atoms with E-state index >= 15 is 0 Å². The summed E-state index contributed by atoms with van der Waals surface area (Å²) in [5.41, 5.74) is 0.858. The van der Waals surface area contributed by atoms with Crippen molar-refractivity contribution in [3.8, 4) is 0 Å². The molecule has 20 heavy (non-hydrogen) atoms. The SMILES string of the molecule is CC(NS(=O)(=O)c1ccnc(Cl)c1)c1ccccc1Br. The molecule has 1 heterocycles. The Hall–Kier alpha value is -0.950. The van der Waals surface area contributed by atoms with Gasteiger partial charge in [-0.3, -0.25) is 0 Å². The van der Waals surface area contributed by atoms with Gasteiger partial charge in [0.05, 0.1) is 4.90 Å². The van der Waals surface area contributed by atoms with E-state index in [0.29, 0.717) is 0 Å². The fourth-order valence-corrected chi connectivity index (χ4v) is 3.84. The molecule has 0 spiro atoms. The lowest BCUT2D eigenvalue weighted by Gasteiger charge is -2.16. The minimum absolute atomic E-state index is 0.0939. The molecule has 1 aromatic heterocycles. The van der Waals surface area contributed by atoms with E-state index in [1.165, 1.54) is 18.3 Å². The molecule has 1 atom stereocenters. The van der Waals surface area contributed by atoms with Crippen LogP contribution in [-0.2, 0) is 10.0 Å². The highest BCUT2D eigenvalue weighted by atomic mass is 79.9. The topological polar surface area (TPSA) is 59.1 Å². The second kappa shape index (κ2) is 6.22.